The van der Waals surface area contributed by atoms with E-state index in [1.165, 1.54) is 5.56 Å². The maximum atomic E-state index is 7.47. The molecule has 1 rings (SSSR count). The van der Waals surface area contributed by atoms with Crippen molar-refractivity contribution in [1.82, 2.24) is 0 Å². The molecule has 0 atom stereocenters. The smallest absolute Gasteiger partial charge is 0.129 e. The molecular weight excluding hydrogens is 198 g/mol. The Morgan fingerprint density at radius 3 is 2.31 bits per heavy atom. The van der Waals surface area contributed by atoms with Gasteiger partial charge in [0, 0.05) is 0 Å². The number of rotatable bonds is 4. The Morgan fingerprint density at radius 2 is 1.81 bits per heavy atom. The van der Waals surface area contributed by atoms with E-state index in [-0.39, 0.29) is 0 Å². The second kappa shape index (κ2) is 8.72. The third-order valence-corrected chi connectivity index (χ3v) is 1.78. The zero-order chi connectivity index (χ0) is 12.4. The Morgan fingerprint density at radius 1 is 1.25 bits per heavy atom. The quantitative estimate of drug-likeness (QED) is 0.763. The van der Waals surface area contributed by atoms with Crippen molar-refractivity contribution in [3.63, 3.8) is 0 Å². The summed E-state index contributed by atoms with van der Waals surface area (Å²) in [7, 11) is 0. The van der Waals surface area contributed by atoms with Crippen molar-refractivity contribution >= 4 is 5.71 Å². The van der Waals surface area contributed by atoms with E-state index < -0.39 is 0 Å². The van der Waals surface area contributed by atoms with Crippen LogP contribution >= 0.6 is 0 Å². The fourth-order valence-corrected chi connectivity index (χ4v) is 1.04. The van der Waals surface area contributed by atoms with Gasteiger partial charge in [0.25, 0.3) is 0 Å². The van der Waals surface area contributed by atoms with Gasteiger partial charge in [0.2, 0.25) is 0 Å². The minimum Gasteiger partial charge on any atom is -0.487 e. The Kier molecular flexibility index (Phi) is 7.86. The van der Waals surface area contributed by atoms with Crippen LogP contribution in [0.25, 0.3) is 0 Å². The van der Waals surface area contributed by atoms with Gasteiger partial charge in [0.05, 0.1) is 5.71 Å². The number of nitrogens with one attached hydrogen (secondary N) is 1. The second-order valence-corrected chi connectivity index (χ2v) is 3.13. The van der Waals surface area contributed by atoms with Gasteiger partial charge < -0.3 is 10.1 Å². The maximum absolute atomic E-state index is 7.47. The van der Waals surface area contributed by atoms with Crippen LogP contribution in [0.1, 0.15) is 26.3 Å². The summed E-state index contributed by atoms with van der Waals surface area (Å²) in [6.45, 7) is 8.25. The lowest BCUT2D eigenvalue weighted by Gasteiger charge is -2.04. The third kappa shape index (κ3) is 6.02. The van der Waals surface area contributed by atoms with Gasteiger partial charge in [-0.3, -0.25) is 0 Å². The molecule has 2 nitrogen and oxygen atoms in total. The van der Waals surface area contributed by atoms with Crippen LogP contribution in [0.3, 0.4) is 0 Å². The minimum atomic E-state index is 0.327. The summed E-state index contributed by atoms with van der Waals surface area (Å²) in [5.74, 6) is 0.810. The number of hydrogen-bond acceptors (Lipinski definition) is 2. The Labute approximate surface area is 98.5 Å². The monoisotopic (exact) mass is 219 g/mol. The number of hydrogen-bond donors (Lipinski definition) is 1. The Bertz CT molecular complexity index is 325. The first-order chi connectivity index (χ1) is 7.72. The summed E-state index contributed by atoms with van der Waals surface area (Å²) in [4.78, 5) is 0. The fraction of sp³-hybridized carbons (Fsp3) is 0.357. The van der Waals surface area contributed by atoms with Crippen molar-refractivity contribution in [2.45, 2.75) is 27.7 Å². The van der Waals surface area contributed by atoms with Gasteiger partial charge in [-0.05, 0) is 32.1 Å². The zero-order valence-corrected chi connectivity index (χ0v) is 10.6. The molecule has 0 aliphatic carbocycles. The summed E-state index contributed by atoms with van der Waals surface area (Å²) in [5.41, 5.74) is 1.69. The normalized spacial score (nSPS) is 9.50. The zero-order valence-electron chi connectivity index (χ0n) is 10.6. The van der Waals surface area contributed by atoms with Crippen LogP contribution in [0.4, 0.5) is 0 Å². The SMILES string of the molecule is C/C=C\C(=N)COc1ccc(C)cc1.CC. The molecule has 0 unspecified atom stereocenters. The highest BCUT2D eigenvalue weighted by atomic mass is 16.5. The second-order valence-electron chi connectivity index (χ2n) is 3.13. The molecule has 1 aromatic carbocycles. The molecule has 0 aromatic heterocycles. The van der Waals surface area contributed by atoms with Crippen LogP contribution < -0.4 is 4.74 Å². The van der Waals surface area contributed by atoms with Gasteiger partial charge >= 0.3 is 0 Å². The fourth-order valence-electron chi connectivity index (χ4n) is 1.04. The van der Waals surface area contributed by atoms with Gasteiger partial charge in [-0.1, -0.05) is 37.6 Å². The van der Waals surface area contributed by atoms with E-state index in [2.05, 4.69) is 0 Å². The van der Waals surface area contributed by atoms with Crippen molar-refractivity contribution < 1.29 is 4.74 Å². The highest BCUT2D eigenvalue weighted by molar-refractivity contribution is 5.93. The van der Waals surface area contributed by atoms with Crippen molar-refractivity contribution in [3.8, 4) is 5.75 Å². The molecule has 0 aliphatic heterocycles. The molecule has 0 aliphatic rings. The van der Waals surface area contributed by atoms with Crippen molar-refractivity contribution in [2.24, 2.45) is 0 Å². The first kappa shape index (κ1) is 14.4. The van der Waals surface area contributed by atoms with Gasteiger partial charge in [0.15, 0.2) is 0 Å². The maximum Gasteiger partial charge on any atom is 0.129 e. The molecule has 88 valence electrons. The van der Waals surface area contributed by atoms with Crippen LogP contribution in [-0.2, 0) is 0 Å². The van der Waals surface area contributed by atoms with Gasteiger partial charge in [-0.2, -0.15) is 0 Å². The third-order valence-electron chi connectivity index (χ3n) is 1.78. The predicted molar refractivity (Wildman–Crippen MR) is 70.6 cm³/mol. The Balaban J connectivity index is 0.00000106. The number of benzene rings is 1. The van der Waals surface area contributed by atoms with E-state index in [4.69, 9.17) is 10.1 Å². The van der Waals surface area contributed by atoms with Gasteiger partial charge in [-0.25, -0.2) is 0 Å². The average Bonchev–Trinajstić information content (AvgIpc) is 2.31. The summed E-state index contributed by atoms with van der Waals surface area (Å²) < 4.78 is 5.40. The molecule has 0 heterocycles. The van der Waals surface area contributed by atoms with E-state index >= 15 is 0 Å². The van der Waals surface area contributed by atoms with Gasteiger partial charge in [0.1, 0.15) is 12.4 Å². The van der Waals surface area contributed by atoms with Crippen molar-refractivity contribution in [2.75, 3.05) is 6.61 Å². The topological polar surface area (TPSA) is 33.1 Å². The number of aryl methyl sites for hydroxylation is 1. The summed E-state index contributed by atoms with van der Waals surface area (Å²) >= 11 is 0. The number of ether oxygens (including phenoxy) is 1. The minimum absolute atomic E-state index is 0.327. The lowest BCUT2D eigenvalue weighted by atomic mass is 10.2. The standard InChI is InChI=1S/C12H15NO.C2H6/c1-3-4-11(13)9-14-12-7-5-10(2)6-8-12;1-2/h3-8,13H,9H2,1-2H3;1-2H3/b4-3-,13-11?;. The number of allylic oxidation sites excluding steroid dienone is 1. The largest absolute Gasteiger partial charge is 0.487 e. The molecule has 0 spiro atoms. The van der Waals surface area contributed by atoms with Crippen LogP contribution in [0.5, 0.6) is 5.75 Å². The molecule has 16 heavy (non-hydrogen) atoms. The van der Waals surface area contributed by atoms with E-state index in [1.54, 1.807) is 6.08 Å². The van der Waals surface area contributed by atoms with Crippen LogP contribution in [0.2, 0.25) is 0 Å². The first-order valence-electron chi connectivity index (χ1n) is 5.62. The molecule has 0 saturated carbocycles. The van der Waals surface area contributed by atoms with E-state index in [1.807, 2.05) is 58.0 Å². The van der Waals surface area contributed by atoms with Crippen LogP contribution in [0, 0.1) is 12.3 Å². The van der Waals surface area contributed by atoms with Gasteiger partial charge in [-0.15, -0.1) is 0 Å². The van der Waals surface area contributed by atoms with Crippen LogP contribution in [-0.4, -0.2) is 12.3 Å². The van der Waals surface area contributed by atoms with Crippen molar-refractivity contribution in [1.29, 1.82) is 5.41 Å². The van der Waals surface area contributed by atoms with E-state index in [9.17, 15) is 0 Å². The molecule has 0 radical (unpaired) electrons. The summed E-state index contributed by atoms with van der Waals surface area (Å²) in [5, 5.41) is 7.47. The highest BCUT2D eigenvalue weighted by Crippen LogP contribution is 2.11. The first-order valence-corrected chi connectivity index (χ1v) is 5.62. The molecule has 2 heteroatoms. The summed E-state index contributed by atoms with van der Waals surface area (Å²) in [6.07, 6.45) is 3.56. The Hall–Kier alpha value is -1.57. The molecule has 0 bridgehead atoms. The van der Waals surface area contributed by atoms with E-state index in [0.29, 0.717) is 12.3 Å². The van der Waals surface area contributed by atoms with Crippen molar-refractivity contribution in [3.05, 3.63) is 42.0 Å². The molecular formula is C14H21NO. The molecule has 1 aromatic rings. The van der Waals surface area contributed by atoms with Crippen LogP contribution in [0.15, 0.2) is 36.4 Å². The molecule has 0 saturated heterocycles. The highest BCUT2D eigenvalue weighted by Gasteiger charge is 1.94. The predicted octanol–water partition coefficient (Wildman–Crippen LogP) is 4.00. The molecule has 0 amide bonds. The summed E-state index contributed by atoms with van der Waals surface area (Å²) in [6, 6.07) is 7.82. The molecule has 0 fully saturated rings. The molecule has 1 N–H and O–H groups in total. The van der Waals surface area contributed by atoms with E-state index in [0.717, 1.165) is 5.75 Å². The average molecular weight is 219 g/mol. The lowest BCUT2D eigenvalue weighted by Crippen LogP contribution is -2.07. The lowest BCUT2D eigenvalue weighted by molar-refractivity contribution is 0.376.